The van der Waals surface area contributed by atoms with Crippen LogP contribution in [0.25, 0.3) is 0 Å². The number of halogens is 6. The molecule has 0 heterocycles. The Labute approximate surface area is 68.0 Å². The minimum absolute atomic E-state index is 2.48. The van der Waals surface area contributed by atoms with Crippen molar-refractivity contribution in [3.63, 3.8) is 0 Å². The number of hydrogen-bond donors (Lipinski definition) is 1. The third kappa shape index (κ3) is 1.23. The van der Waals surface area contributed by atoms with Crippen molar-refractivity contribution in [2.24, 2.45) is 0 Å². The van der Waals surface area contributed by atoms with E-state index in [4.69, 9.17) is 5.11 Å². The molecule has 74 valence electrons. The van der Waals surface area contributed by atoms with Crippen LogP contribution in [0.1, 0.15) is 0 Å². The summed E-state index contributed by atoms with van der Waals surface area (Å²) in [6, 6.07) is 0. The number of aliphatic hydroxyl groups is 1. The molecule has 0 aliphatic heterocycles. The van der Waals surface area contributed by atoms with Gasteiger partial charge in [0, 0.05) is 0 Å². The molecule has 13 heavy (non-hydrogen) atoms. The Hall–Kier alpha value is -0.980. The first-order valence-corrected chi connectivity index (χ1v) is 2.96. The SMILES string of the molecule is OC1(F)C(F)=C(F)C(F)=C(F)C1F. The Bertz CT molecular complexity index is 304. The molecular formula is C6H2F6O. The molecule has 1 aliphatic rings. The van der Waals surface area contributed by atoms with Crippen molar-refractivity contribution >= 4 is 0 Å². The summed E-state index contributed by atoms with van der Waals surface area (Å²) in [7, 11) is 0. The first-order valence-electron chi connectivity index (χ1n) is 2.96. The molecule has 0 saturated carbocycles. The summed E-state index contributed by atoms with van der Waals surface area (Å²) in [5, 5.41) is 8.21. The van der Waals surface area contributed by atoms with Crippen molar-refractivity contribution in [1.29, 1.82) is 0 Å². The van der Waals surface area contributed by atoms with Gasteiger partial charge in [0.1, 0.15) is 0 Å². The normalized spacial score (nSPS) is 35.8. The molecule has 1 aliphatic carbocycles. The van der Waals surface area contributed by atoms with Gasteiger partial charge in [-0.25, -0.2) is 26.3 Å². The molecule has 2 atom stereocenters. The van der Waals surface area contributed by atoms with Crippen LogP contribution in [0.4, 0.5) is 26.3 Å². The lowest BCUT2D eigenvalue weighted by Crippen LogP contribution is -2.39. The van der Waals surface area contributed by atoms with Crippen LogP contribution in [-0.4, -0.2) is 17.1 Å². The van der Waals surface area contributed by atoms with Crippen molar-refractivity contribution in [2.75, 3.05) is 0 Å². The van der Waals surface area contributed by atoms with Crippen LogP contribution in [-0.2, 0) is 0 Å². The minimum Gasteiger partial charge on any atom is -0.354 e. The lowest BCUT2D eigenvalue weighted by molar-refractivity contribution is -0.125. The van der Waals surface area contributed by atoms with Crippen molar-refractivity contribution in [2.45, 2.75) is 12.0 Å². The van der Waals surface area contributed by atoms with Crippen LogP contribution in [0.2, 0.25) is 0 Å². The second kappa shape index (κ2) is 2.76. The molecule has 0 fully saturated rings. The monoisotopic (exact) mass is 204 g/mol. The van der Waals surface area contributed by atoms with Gasteiger partial charge in [0.05, 0.1) is 0 Å². The number of allylic oxidation sites excluding steroid dienone is 2. The molecule has 0 aromatic heterocycles. The van der Waals surface area contributed by atoms with Gasteiger partial charge in [-0.1, -0.05) is 0 Å². The molecule has 0 spiro atoms. The Morgan fingerprint density at radius 3 is 2.00 bits per heavy atom. The number of rotatable bonds is 0. The van der Waals surface area contributed by atoms with E-state index in [1.54, 1.807) is 0 Å². The molecule has 0 amide bonds. The summed E-state index contributed by atoms with van der Waals surface area (Å²) in [6.07, 6.45) is -3.59. The predicted molar refractivity (Wildman–Crippen MR) is 29.4 cm³/mol. The van der Waals surface area contributed by atoms with Crippen LogP contribution in [0.5, 0.6) is 0 Å². The van der Waals surface area contributed by atoms with Gasteiger partial charge in [0.15, 0.2) is 17.5 Å². The topological polar surface area (TPSA) is 20.2 Å². The van der Waals surface area contributed by atoms with Gasteiger partial charge in [-0.05, 0) is 0 Å². The fraction of sp³-hybridized carbons (Fsp3) is 0.333. The van der Waals surface area contributed by atoms with Gasteiger partial charge < -0.3 is 5.11 Å². The van der Waals surface area contributed by atoms with E-state index >= 15 is 0 Å². The van der Waals surface area contributed by atoms with E-state index in [0.29, 0.717) is 0 Å². The summed E-state index contributed by atoms with van der Waals surface area (Å²) < 4.78 is 73.4. The average molecular weight is 204 g/mol. The fourth-order valence-electron chi connectivity index (χ4n) is 0.746. The van der Waals surface area contributed by atoms with Gasteiger partial charge in [-0.15, -0.1) is 0 Å². The zero-order valence-electron chi connectivity index (χ0n) is 5.79. The van der Waals surface area contributed by atoms with E-state index in [1.165, 1.54) is 0 Å². The highest BCUT2D eigenvalue weighted by Crippen LogP contribution is 2.42. The maximum atomic E-state index is 12.4. The number of alkyl halides is 2. The molecule has 0 saturated heterocycles. The Kier molecular flexibility index (Phi) is 2.15. The highest BCUT2D eigenvalue weighted by atomic mass is 19.2. The molecule has 0 radical (unpaired) electrons. The highest BCUT2D eigenvalue weighted by Gasteiger charge is 2.53. The van der Waals surface area contributed by atoms with Crippen LogP contribution in [0.3, 0.4) is 0 Å². The third-order valence-corrected chi connectivity index (χ3v) is 1.46. The van der Waals surface area contributed by atoms with E-state index in [9.17, 15) is 26.3 Å². The molecule has 7 heteroatoms. The summed E-state index contributed by atoms with van der Waals surface area (Å²) >= 11 is 0. The third-order valence-electron chi connectivity index (χ3n) is 1.46. The quantitative estimate of drug-likeness (QED) is 0.600. The van der Waals surface area contributed by atoms with E-state index in [1.807, 2.05) is 0 Å². The summed E-state index contributed by atoms with van der Waals surface area (Å²) in [4.78, 5) is 0. The predicted octanol–water partition coefficient (Wildman–Crippen LogP) is 2.30. The zero-order chi connectivity index (χ0) is 10.4. The molecule has 1 N–H and O–H groups in total. The van der Waals surface area contributed by atoms with E-state index in [0.717, 1.165) is 0 Å². The standard InChI is InChI=1S/C6H2F6O/c7-1-2(8)4(10)6(12,13)5(11)3(1)9/h4,13H. The van der Waals surface area contributed by atoms with Gasteiger partial charge in [-0.3, -0.25) is 0 Å². The molecule has 0 aromatic carbocycles. The second-order valence-electron chi connectivity index (χ2n) is 2.33. The summed E-state index contributed by atoms with van der Waals surface area (Å²) in [6.45, 7) is 0. The Morgan fingerprint density at radius 1 is 1.08 bits per heavy atom. The fourth-order valence-corrected chi connectivity index (χ4v) is 0.746. The van der Waals surface area contributed by atoms with Crippen LogP contribution in [0.15, 0.2) is 23.3 Å². The van der Waals surface area contributed by atoms with Crippen molar-refractivity contribution < 1.29 is 31.4 Å². The van der Waals surface area contributed by atoms with Crippen molar-refractivity contribution in [1.82, 2.24) is 0 Å². The first-order chi connectivity index (χ1) is 5.80. The molecule has 1 nitrogen and oxygen atoms in total. The largest absolute Gasteiger partial charge is 0.354 e. The van der Waals surface area contributed by atoms with E-state index in [2.05, 4.69) is 0 Å². The Morgan fingerprint density at radius 2 is 1.54 bits per heavy atom. The molecule has 2 unspecified atom stereocenters. The zero-order valence-corrected chi connectivity index (χ0v) is 5.79. The van der Waals surface area contributed by atoms with Crippen LogP contribution in [0, 0.1) is 0 Å². The van der Waals surface area contributed by atoms with Gasteiger partial charge >= 0.3 is 5.85 Å². The molecular weight excluding hydrogens is 202 g/mol. The molecule has 0 bridgehead atoms. The van der Waals surface area contributed by atoms with Gasteiger partial charge in [0.2, 0.25) is 12.0 Å². The van der Waals surface area contributed by atoms with Gasteiger partial charge in [0.25, 0.3) is 0 Å². The minimum atomic E-state index is -4.48. The average Bonchev–Trinajstić information content (AvgIpc) is 2.09. The summed E-state index contributed by atoms with van der Waals surface area (Å²) in [5.74, 6) is -14.8. The van der Waals surface area contributed by atoms with Crippen molar-refractivity contribution in [3.8, 4) is 0 Å². The maximum absolute atomic E-state index is 12.4. The number of hydrogen-bond acceptors (Lipinski definition) is 1. The maximum Gasteiger partial charge on any atom is 0.300 e. The Balaban J connectivity index is 3.32. The highest BCUT2D eigenvalue weighted by molar-refractivity contribution is 5.36. The van der Waals surface area contributed by atoms with E-state index < -0.39 is 35.3 Å². The van der Waals surface area contributed by atoms with Crippen molar-refractivity contribution in [3.05, 3.63) is 23.3 Å². The lowest BCUT2D eigenvalue weighted by atomic mass is 10.0. The molecule has 0 aromatic rings. The second-order valence-corrected chi connectivity index (χ2v) is 2.33. The van der Waals surface area contributed by atoms with Crippen LogP contribution < -0.4 is 0 Å². The van der Waals surface area contributed by atoms with E-state index in [-0.39, 0.29) is 0 Å². The first kappa shape index (κ1) is 10.1. The smallest absolute Gasteiger partial charge is 0.300 e. The lowest BCUT2D eigenvalue weighted by Gasteiger charge is -2.23. The molecule has 1 rings (SSSR count). The van der Waals surface area contributed by atoms with Crippen LogP contribution >= 0.6 is 0 Å². The summed E-state index contributed by atoms with van der Waals surface area (Å²) in [5.41, 5.74) is 0. The van der Waals surface area contributed by atoms with Gasteiger partial charge in [-0.2, -0.15) is 0 Å².